The Hall–Kier alpha value is -1.43. The van der Waals surface area contributed by atoms with E-state index in [4.69, 9.17) is 12.2 Å². The lowest BCUT2D eigenvalue weighted by atomic mass is 10.2. The normalized spacial score (nSPS) is 10.5. The standard InChI is InChI=1S/C11H17N3/c1-5-7-14-10(12)9(6-2)13-11(14)8(3)4/h1,8H,6-7,12H2,2-4H3. The quantitative estimate of drug-likeness (QED) is 0.740. The van der Waals surface area contributed by atoms with E-state index in [1.807, 2.05) is 11.5 Å². The molecule has 1 aromatic rings. The van der Waals surface area contributed by atoms with Crippen LogP contribution in [0.2, 0.25) is 0 Å². The summed E-state index contributed by atoms with van der Waals surface area (Å²) in [7, 11) is 0. The van der Waals surface area contributed by atoms with Crippen LogP contribution in [0.4, 0.5) is 5.82 Å². The molecule has 3 nitrogen and oxygen atoms in total. The Balaban J connectivity index is 3.21. The highest BCUT2D eigenvalue weighted by Gasteiger charge is 2.14. The predicted octanol–water partition coefficient (Wildman–Crippen LogP) is 1.78. The van der Waals surface area contributed by atoms with Gasteiger partial charge in [0, 0.05) is 5.92 Å². The van der Waals surface area contributed by atoms with E-state index in [0.717, 1.165) is 17.9 Å². The highest BCUT2D eigenvalue weighted by molar-refractivity contribution is 5.39. The number of aromatic nitrogens is 2. The second-order valence-electron chi connectivity index (χ2n) is 3.60. The van der Waals surface area contributed by atoms with Crippen molar-refractivity contribution >= 4 is 5.82 Å². The second-order valence-corrected chi connectivity index (χ2v) is 3.60. The van der Waals surface area contributed by atoms with Crippen LogP contribution in [0.15, 0.2) is 0 Å². The van der Waals surface area contributed by atoms with Crippen molar-refractivity contribution in [2.45, 2.75) is 39.7 Å². The molecular formula is C11H17N3. The van der Waals surface area contributed by atoms with Gasteiger partial charge >= 0.3 is 0 Å². The van der Waals surface area contributed by atoms with Gasteiger partial charge in [-0.2, -0.15) is 0 Å². The van der Waals surface area contributed by atoms with E-state index < -0.39 is 0 Å². The number of terminal acetylenes is 1. The summed E-state index contributed by atoms with van der Waals surface area (Å²) in [6, 6.07) is 0. The molecule has 0 radical (unpaired) electrons. The maximum absolute atomic E-state index is 5.94. The van der Waals surface area contributed by atoms with Gasteiger partial charge in [0.1, 0.15) is 11.6 Å². The Kier molecular flexibility index (Phi) is 3.19. The first kappa shape index (κ1) is 10.6. The molecular weight excluding hydrogens is 174 g/mol. The zero-order valence-electron chi connectivity index (χ0n) is 9.04. The van der Waals surface area contributed by atoms with Crippen LogP contribution in [0.5, 0.6) is 0 Å². The molecule has 0 aromatic carbocycles. The summed E-state index contributed by atoms with van der Waals surface area (Å²) in [5.41, 5.74) is 6.89. The van der Waals surface area contributed by atoms with E-state index in [1.165, 1.54) is 0 Å². The first-order chi connectivity index (χ1) is 6.61. The zero-order valence-corrected chi connectivity index (χ0v) is 9.04. The third-order valence-corrected chi connectivity index (χ3v) is 2.21. The van der Waals surface area contributed by atoms with Crippen LogP contribution in [-0.4, -0.2) is 9.55 Å². The number of anilines is 1. The maximum atomic E-state index is 5.94. The fourth-order valence-electron chi connectivity index (χ4n) is 1.49. The molecule has 0 spiro atoms. The molecule has 0 fully saturated rings. The summed E-state index contributed by atoms with van der Waals surface area (Å²) in [5, 5.41) is 0. The lowest BCUT2D eigenvalue weighted by Gasteiger charge is -2.08. The van der Waals surface area contributed by atoms with Crippen molar-refractivity contribution in [1.29, 1.82) is 0 Å². The molecule has 1 aromatic heterocycles. The van der Waals surface area contributed by atoms with Gasteiger partial charge in [0.15, 0.2) is 0 Å². The number of imidazole rings is 1. The molecule has 0 aliphatic heterocycles. The number of rotatable bonds is 3. The van der Waals surface area contributed by atoms with Gasteiger partial charge in [-0.25, -0.2) is 4.98 Å². The van der Waals surface area contributed by atoms with E-state index in [0.29, 0.717) is 18.3 Å². The summed E-state index contributed by atoms with van der Waals surface area (Å²) in [4.78, 5) is 4.49. The van der Waals surface area contributed by atoms with Gasteiger partial charge in [0.2, 0.25) is 0 Å². The van der Waals surface area contributed by atoms with E-state index in [2.05, 4.69) is 24.8 Å². The van der Waals surface area contributed by atoms with Gasteiger partial charge in [0.05, 0.1) is 12.2 Å². The van der Waals surface area contributed by atoms with Crippen molar-refractivity contribution in [2.75, 3.05) is 5.73 Å². The van der Waals surface area contributed by atoms with E-state index in [1.54, 1.807) is 0 Å². The third kappa shape index (κ3) is 1.74. The molecule has 2 N–H and O–H groups in total. The monoisotopic (exact) mass is 191 g/mol. The highest BCUT2D eigenvalue weighted by Crippen LogP contribution is 2.21. The minimum absolute atomic E-state index is 0.353. The molecule has 0 unspecified atom stereocenters. The molecule has 14 heavy (non-hydrogen) atoms. The van der Waals surface area contributed by atoms with Gasteiger partial charge in [-0.15, -0.1) is 6.42 Å². The van der Waals surface area contributed by atoms with Crippen LogP contribution < -0.4 is 5.73 Å². The Morgan fingerprint density at radius 2 is 2.21 bits per heavy atom. The van der Waals surface area contributed by atoms with Gasteiger partial charge in [-0.1, -0.05) is 26.7 Å². The Morgan fingerprint density at radius 3 is 2.64 bits per heavy atom. The zero-order chi connectivity index (χ0) is 10.7. The van der Waals surface area contributed by atoms with Crippen molar-refractivity contribution in [3.05, 3.63) is 11.5 Å². The number of nitrogen functional groups attached to an aromatic ring is 1. The molecule has 0 saturated heterocycles. The summed E-state index contributed by atoms with van der Waals surface area (Å²) in [6.45, 7) is 6.73. The number of hydrogen-bond acceptors (Lipinski definition) is 2. The second kappa shape index (κ2) is 4.19. The van der Waals surface area contributed by atoms with Crippen LogP contribution in [0, 0.1) is 12.3 Å². The first-order valence-electron chi connectivity index (χ1n) is 4.90. The summed E-state index contributed by atoms with van der Waals surface area (Å²) in [5.74, 6) is 4.65. The number of nitrogens with zero attached hydrogens (tertiary/aromatic N) is 2. The van der Waals surface area contributed by atoms with Crippen LogP contribution in [0.25, 0.3) is 0 Å². The minimum atomic E-state index is 0.353. The summed E-state index contributed by atoms with van der Waals surface area (Å²) < 4.78 is 1.92. The number of nitrogens with two attached hydrogens (primary N) is 1. The number of aryl methyl sites for hydroxylation is 1. The van der Waals surface area contributed by atoms with Crippen LogP contribution in [0.3, 0.4) is 0 Å². The number of hydrogen-bond donors (Lipinski definition) is 1. The summed E-state index contributed by atoms with van der Waals surface area (Å²) in [6.07, 6.45) is 6.15. The van der Waals surface area contributed by atoms with Gasteiger partial charge in [0.25, 0.3) is 0 Å². The molecule has 1 rings (SSSR count). The van der Waals surface area contributed by atoms with Crippen LogP contribution in [0.1, 0.15) is 38.2 Å². The smallest absolute Gasteiger partial charge is 0.127 e. The molecule has 0 aliphatic rings. The molecule has 3 heteroatoms. The van der Waals surface area contributed by atoms with Crippen molar-refractivity contribution in [2.24, 2.45) is 0 Å². The van der Waals surface area contributed by atoms with Crippen molar-refractivity contribution in [1.82, 2.24) is 9.55 Å². The van der Waals surface area contributed by atoms with E-state index in [9.17, 15) is 0 Å². The molecule has 0 bridgehead atoms. The molecule has 1 heterocycles. The van der Waals surface area contributed by atoms with Crippen LogP contribution >= 0.6 is 0 Å². The lowest BCUT2D eigenvalue weighted by molar-refractivity contribution is 0.690. The topological polar surface area (TPSA) is 43.8 Å². The molecule has 0 amide bonds. The third-order valence-electron chi connectivity index (χ3n) is 2.21. The van der Waals surface area contributed by atoms with Gasteiger partial charge in [-0.05, 0) is 6.42 Å². The first-order valence-corrected chi connectivity index (χ1v) is 4.90. The van der Waals surface area contributed by atoms with Crippen molar-refractivity contribution in [3.8, 4) is 12.3 Å². The Bertz CT molecular complexity index is 355. The SMILES string of the molecule is C#CCn1c(C(C)C)nc(CC)c1N. The molecule has 0 saturated carbocycles. The lowest BCUT2D eigenvalue weighted by Crippen LogP contribution is -2.07. The fourth-order valence-corrected chi connectivity index (χ4v) is 1.49. The molecule has 0 aliphatic carbocycles. The van der Waals surface area contributed by atoms with Crippen molar-refractivity contribution in [3.63, 3.8) is 0 Å². The fraction of sp³-hybridized carbons (Fsp3) is 0.545. The molecule has 0 atom stereocenters. The van der Waals surface area contributed by atoms with E-state index >= 15 is 0 Å². The predicted molar refractivity (Wildman–Crippen MR) is 58.9 cm³/mol. The van der Waals surface area contributed by atoms with Crippen molar-refractivity contribution < 1.29 is 0 Å². The average molecular weight is 191 g/mol. The Morgan fingerprint density at radius 1 is 1.57 bits per heavy atom. The van der Waals surface area contributed by atoms with Crippen LogP contribution in [-0.2, 0) is 13.0 Å². The summed E-state index contributed by atoms with van der Waals surface area (Å²) >= 11 is 0. The van der Waals surface area contributed by atoms with Gasteiger partial charge < -0.3 is 10.3 Å². The minimum Gasteiger partial charge on any atom is -0.384 e. The molecule has 76 valence electrons. The highest BCUT2D eigenvalue weighted by atomic mass is 15.1. The Labute approximate surface area is 85.3 Å². The van der Waals surface area contributed by atoms with Gasteiger partial charge in [-0.3, -0.25) is 0 Å². The average Bonchev–Trinajstić information content (AvgIpc) is 2.45. The maximum Gasteiger partial charge on any atom is 0.127 e. The largest absolute Gasteiger partial charge is 0.384 e. The van der Waals surface area contributed by atoms with E-state index in [-0.39, 0.29) is 0 Å².